The predicted molar refractivity (Wildman–Crippen MR) is 41.8 cm³/mol. The Morgan fingerprint density at radius 3 is 2.09 bits per heavy atom. The zero-order valence-corrected chi connectivity index (χ0v) is 6.54. The van der Waals surface area contributed by atoms with E-state index in [1.165, 1.54) is 24.7 Å². The van der Waals surface area contributed by atoms with Crippen molar-refractivity contribution in [2.75, 3.05) is 13.9 Å². The summed E-state index contributed by atoms with van der Waals surface area (Å²) in [5.41, 5.74) is 3.06. The molecule has 0 unspecified atom stereocenters. The fourth-order valence-corrected chi connectivity index (χ4v) is 0.836. The van der Waals surface area contributed by atoms with Crippen LogP contribution >= 0.6 is 0 Å². The first-order valence-electron chi connectivity index (χ1n) is 3.52. The second kappa shape index (κ2) is 4.11. The number of benzene rings is 1. The van der Waals surface area contributed by atoms with Gasteiger partial charge < -0.3 is 4.74 Å². The van der Waals surface area contributed by atoms with Gasteiger partial charge in [0.25, 0.3) is 0 Å². The van der Waals surface area contributed by atoms with E-state index in [-0.39, 0.29) is 0 Å². The highest BCUT2D eigenvalue weighted by Crippen LogP contribution is 2.25. The molecular formula is C9H11O2. The highest BCUT2D eigenvalue weighted by molar-refractivity contribution is 5.44. The van der Waals surface area contributed by atoms with E-state index >= 15 is 0 Å². The van der Waals surface area contributed by atoms with Crippen molar-refractivity contribution >= 4 is 0 Å². The molecule has 1 aromatic rings. The molecule has 1 radical (unpaired) electrons. The van der Waals surface area contributed by atoms with Crippen molar-refractivity contribution in [3.63, 3.8) is 0 Å². The van der Waals surface area contributed by atoms with Gasteiger partial charge in [0.15, 0.2) is 6.79 Å². The van der Waals surface area contributed by atoms with E-state index in [2.05, 4.69) is 29.0 Å². The standard InChI is InChI=1S/C7H6.C2H5O2/c1-2-4-7-5-6(7)3-1;1-4-2-3/h1-4H,5H2;2H2,1H3. The Kier molecular flexibility index (Phi) is 3.08. The maximum atomic E-state index is 9.08. The molecule has 0 fully saturated rings. The summed E-state index contributed by atoms with van der Waals surface area (Å²) in [6, 6.07) is 8.53. The SMILES string of the molecule is COC[O].c1ccc2c(c1)C2. The molecule has 1 aliphatic rings. The summed E-state index contributed by atoms with van der Waals surface area (Å²) >= 11 is 0. The van der Waals surface area contributed by atoms with E-state index in [0.29, 0.717) is 0 Å². The molecule has 1 aliphatic carbocycles. The number of rotatable bonds is 1. The third kappa shape index (κ3) is 2.70. The molecule has 2 heteroatoms. The number of hydrogen-bond donors (Lipinski definition) is 0. The second-order valence-electron chi connectivity index (χ2n) is 2.35. The van der Waals surface area contributed by atoms with Crippen LogP contribution in [0.4, 0.5) is 0 Å². The van der Waals surface area contributed by atoms with Crippen LogP contribution in [0.1, 0.15) is 11.1 Å². The third-order valence-electron chi connectivity index (χ3n) is 1.49. The first kappa shape index (κ1) is 8.24. The number of fused-ring (bicyclic) bond motifs is 1. The highest BCUT2D eigenvalue weighted by Gasteiger charge is 2.12. The van der Waals surface area contributed by atoms with E-state index in [9.17, 15) is 0 Å². The molecule has 0 spiro atoms. The monoisotopic (exact) mass is 151 g/mol. The van der Waals surface area contributed by atoms with Gasteiger partial charge in [-0.2, -0.15) is 0 Å². The molecule has 2 rings (SSSR count). The molecule has 0 amide bonds. The Labute approximate surface area is 66.4 Å². The topological polar surface area (TPSA) is 29.1 Å². The Morgan fingerprint density at radius 1 is 1.36 bits per heavy atom. The average molecular weight is 151 g/mol. The summed E-state index contributed by atoms with van der Waals surface area (Å²) in [6.07, 6.45) is 1.24. The first-order valence-corrected chi connectivity index (χ1v) is 3.52. The zero-order valence-electron chi connectivity index (χ0n) is 6.54. The molecular weight excluding hydrogens is 140 g/mol. The molecule has 0 saturated carbocycles. The zero-order chi connectivity index (χ0) is 8.10. The van der Waals surface area contributed by atoms with Gasteiger partial charge in [-0.05, 0) is 17.5 Å². The van der Waals surface area contributed by atoms with Gasteiger partial charge in [-0.3, -0.25) is 0 Å². The van der Waals surface area contributed by atoms with E-state index in [1.807, 2.05) is 0 Å². The minimum absolute atomic E-state index is 0.431. The first-order chi connectivity index (χ1) is 5.38. The minimum atomic E-state index is -0.431. The fourth-order valence-electron chi connectivity index (χ4n) is 0.836. The Morgan fingerprint density at radius 2 is 1.82 bits per heavy atom. The molecule has 0 saturated heterocycles. The van der Waals surface area contributed by atoms with Crippen LogP contribution in [0.5, 0.6) is 0 Å². The summed E-state index contributed by atoms with van der Waals surface area (Å²) in [5, 5.41) is 9.08. The molecule has 59 valence electrons. The lowest BCUT2D eigenvalue weighted by Crippen LogP contribution is -1.76. The number of ether oxygens (including phenoxy) is 1. The van der Waals surface area contributed by atoms with Gasteiger partial charge in [0.05, 0.1) is 0 Å². The smallest absolute Gasteiger partial charge is 0.180 e. The molecule has 2 nitrogen and oxygen atoms in total. The largest absolute Gasteiger partial charge is 0.355 e. The highest BCUT2D eigenvalue weighted by atomic mass is 16.6. The van der Waals surface area contributed by atoms with Gasteiger partial charge in [-0.1, -0.05) is 24.3 Å². The maximum Gasteiger partial charge on any atom is 0.180 e. The molecule has 0 bridgehead atoms. The quantitative estimate of drug-likeness (QED) is 0.569. The maximum absolute atomic E-state index is 9.08. The normalized spacial score (nSPS) is 11.1. The molecule has 0 heterocycles. The molecule has 11 heavy (non-hydrogen) atoms. The average Bonchev–Trinajstić information content (AvgIpc) is 2.83. The van der Waals surface area contributed by atoms with Crippen molar-refractivity contribution in [1.29, 1.82) is 0 Å². The summed E-state index contributed by atoms with van der Waals surface area (Å²) in [4.78, 5) is 0. The van der Waals surface area contributed by atoms with Crippen molar-refractivity contribution < 1.29 is 9.84 Å². The van der Waals surface area contributed by atoms with Crippen LogP contribution in [0.15, 0.2) is 24.3 Å². The molecule has 1 aromatic carbocycles. The lowest BCUT2D eigenvalue weighted by Gasteiger charge is -1.72. The Bertz CT molecular complexity index is 198. The number of methoxy groups -OCH3 is 1. The predicted octanol–water partition coefficient (Wildman–Crippen LogP) is 1.61. The van der Waals surface area contributed by atoms with Gasteiger partial charge in [0.1, 0.15) is 0 Å². The molecule has 0 aromatic heterocycles. The van der Waals surface area contributed by atoms with Crippen molar-refractivity contribution in [2.24, 2.45) is 0 Å². The van der Waals surface area contributed by atoms with Crippen molar-refractivity contribution in [3.8, 4) is 0 Å². The lowest BCUT2D eigenvalue weighted by molar-refractivity contribution is -0.0165. The fraction of sp³-hybridized carbons (Fsp3) is 0.333. The van der Waals surface area contributed by atoms with E-state index in [1.54, 1.807) is 0 Å². The van der Waals surface area contributed by atoms with Crippen molar-refractivity contribution in [1.82, 2.24) is 0 Å². The van der Waals surface area contributed by atoms with E-state index < -0.39 is 6.79 Å². The number of hydrogen-bond acceptors (Lipinski definition) is 1. The minimum Gasteiger partial charge on any atom is -0.355 e. The van der Waals surface area contributed by atoms with Gasteiger partial charge in [-0.15, -0.1) is 0 Å². The molecule has 0 aliphatic heterocycles. The van der Waals surface area contributed by atoms with Crippen LogP contribution < -0.4 is 0 Å². The van der Waals surface area contributed by atoms with Crippen LogP contribution in [0.25, 0.3) is 0 Å². The van der Waals surface area contributed by atoms with Crippen LogP contribution in [-0.4, -0.2) is 13.9 Å². The van der Waals surface area contributed by atoms with Crippen LogP contribution in [0, 0.1) is 0 Å². The summed E-state index contributed by atoms with van der Waals surface area (Å²) < 4.78 is 3.99. The van der Waals surface area contributed by atoms with Gasteiger partial charge in [-0.25, -0.2) is 5.11 Å². The van der Waals surface area contributed by atoms with Gasteiger partial charge in [0, 0.05) is 7.11 Å². The van der Waals surface area contributed by atoms with Crippen LogP contribution in [0.2, 0.25) is 0 Å². The summed E-state index contributed by atoms with van der Waals surface area (Å²) in [5.74, 6) is 0. The van der Waals surface area contributed by atoms with Crippen molar-refractivity contribution in [3.05, 3.63) is 35.4 Å². The lowest BCUT2D eigenvalue weighted by atomic mass is 10.4. The van der Waals surface area contributed by atoms with Crippen molar-refractivity contribution in [2.45, 2.75) is 6.42 Å². The van der Waals surface area contributed by atoms with Gasteiger partial charge >= 0.3 is 0 Å². The Hall–Kier alpha value is -0.860. The summed E-state index contributed by atoms with van der Waals surface area (Å²) in [6.45, 7) is -0.431. The van der Waals surface area contributed by atoms with Crippen LogP contribution in [0.3, 0.4) is 0 Å². The van der Waals surface area contributed by atoms with E-state index in [4.69, 9.17) is 5.11 Å². The molecule has 0 N–H and O–H groups in total. The van der Waals surface area contributed by atoms with E-state index in [0.717, 1.165) is 0 Å². The van der Waals surface area contributed by atoms with Gasteiger partial charge in [0.2, 0.25) is 0 Å². The Balaban J connectivity index is 0.000000134. The third-order valence-corrected chi connectivity index (χ3v) is 1.49. The second-order valence-corrected chi connectivity index (χ2v) is 2.35. The molecule has 0 atom stereocenters. The van der Waals surface area contributed by atoms with Crippen LogP contribution in [-0.2, 0) is 16.3 Å². The summed E-state index contributed by atoms with van der Waals surface area (Å²) in [7, 11) is 1.37.